The number of ether oxygens (including phenoxy) is 1. The minimum Gasteiger partial charge on any atom is -0.481 e. The van der Waals surface area contributed by atoms with E-state index in [1.807, 2.05) is 0 Å². The molecule has 1 rings (SSSR count). The maximum absolute atomic E-state index is 13.1. The Labute approximate surface area is 93.4 Å². The van der Waals surface area contributed by atoms with Crippen LogP contribution in [-0.4, -0.2) is 17.7 Å². The predicted octanol–water partition coefficient (Wildman–Crippen LogP) is 2.71. The summed E-state index contributed by atoms with van der Waals surface area (Å²) in [5.74, 6) is -2.62. The monoisotopic (exact) mass is 254 g/mol. The van der Waals surface area contributed by atoms with Gasteiger partial charge >= 0.3 is 12.6 Å². The maximum atomic E-state index is 13.1. The molecule has 0 spiro atoms. The largest absolute Gasteiger partial charge is 0.481 e. The number of rotatable bonds is 4. The molecule has 0 fully saturated rings. The van der Waals surface area contributed by atoms with Crippen LogP contribution in [0, 0.1) is 5.82 Å². The Hall–Kier alpha value is -1.43. The van der Waals surface area contributed by atoms with Crippen LogP contribution in [0.3, 0.4) is 0 Å². The van der Waals surface area contributed by atoms with E-state index in [-0.39, 0.29) is 10.6 Å². The Morgan fingerprint density at radius 2 is 2.12 bits per heavy atom. The van der Waals surface area contributed by atoms with E-state index in [1.54, 1.807) is 0 Å². The highest BCUT2D eigenvalue weighted by molar-refractivity contribution is 6.32. The number of carbonyl (C=O) groups is 1. The lowest BCUT2D eigenvalue weighted by atomic mass is 10.1. The summed E-state index contributed by atoms with van der Waals surface area (Å²) in [4.78, 5) is 10.4. The molecule has 0 radical (unpaired) electrons. The molecule has 0 aliphatic rings. The second-order valence-corrected chi connectivity index (χ2v) is 3.23. The first-order valence-electron chi connectivity index (χ1n) is 4.04. The van der Waals surface area contributed by atoms with Crippen LogP contribution in [0.25, 0.3) is 0 Å². The zero-order valence-electron chi connectivity index (χ0n) is 7.71. The van der Waals surface area contributed by atoms with E-state index >= 15 is 0 Å². The zero-order chi connectivity index (χ0) is 12.3. The van der Waals surface area contributed by atoms with Crippen LogP contribution in [0.2, 0.25) is 5.02 Å². The first kappa shape index (κ1) is 12.6. The lowest BCUT2D eigenvalue weighted by molar-refractivity contribution is -0.136. The van der Waals surface area contributed by atoms with Crippen LogP contribution >= 0.6 is 11.6 Å². The molecule has 1 N–H and O–H groups in total. The average Bonchev–Trinajstić information content (AvgIpc) is 2.11. The molecule has 0 aliphatic heterocycles. The third kappa shape index (κ3) is 3.30. The van der Waals surface area contributed by atoms with Gasteiger partial charge in [-0.3, -0.25) is 4.79 Å². The number of alkyl halides is 2. The molecule has 0 unspecified atom stereocenters. The van der Waals surface area contributed by atoms with Crippen molar-refractivity contribution in [1.29, 1.82) is 0 Å². The number of carboxylic acid groups (broad SMARTS) is 1. The fraction of sp³-hybridized carbons (Fsp3) is 0.222. The van der Waals surface area contributed by atoms with Crippen LogP contribution in [-0.2, 0) is 11.2 Å². The van der Waals surface area contributed by atoms with Crippen molar-refractivity contribution in [2.75, 3.05) is 0 Å². The van der Waals surface area contributed by atoms with Crippen molar-refractivity contribution in [1.82, 2.24) is 0 Å². The maximum Gasteiger partial charge on any atom is 0.387 e. The van der Waals surface area contributed by atoms with Gasteiger partial charge in [-0.1, -0.05) is 11.6 Å². The molecule has 0 saturated heterocycles. The van der Waals surface area contributed by atoms with Gasteiger partial charge in [-0.15, -0.1) is 0 Å². The summed E-state index contributed by atoms with van der Waals surface area (Å²) >= 11 is 5.44. The first-order chi connectivity index (χ1) is 7.40. The Bertz CT molecular complexity index is 409. The molecule has 0 aliphatic carbocycles. The normalized spacial score (nSPS) is 10.6. The van der Waals surface area contributed by atoms with Crippen LogP contribution in [0.5, 0.6) is 5.75 Å². The van der Waals surface area contributed by atoms with E-state index in [0.29, 0.717) is 0 Å². The fourth-order valence-corrected chi connectivity index (χ4v) is 1.25. The number of hydrogen-bond acceptors (Lipinski definition) is 2. The smallest absolute Gasteiger partial charge is 0.387 e. The minimum atomic E-state index is -3.11. The topological polar surface area (TPSA) is 46.5 Å². The SMILES string of the molecule is O=C(O)Cc1cc(OC(F)F)c(Cl)cc1F. The summed E-state index contributed by atoms with van der Waals surface area (Å²) < 4.78 is 40.9. The summed E-state index contributed by atoms with van der Waals surface area (Å²) in [6, 6.07) is 1.58. The van der Waals surface area contributed by atoms with Gasteiger partial charge < -0.3 is 9.84 Å². The summed E-state index contributed by atoms with van der Waals surface area (Å²) in [6.07, 6.45) is -0.636. The fourth-order valence-electron chi connectivity index (χ4n) is 1.06. The van der Waals surface area contributed by atoms with Gasteiger partial charge in [0, 0.05) is 5.56 Å². The van der Waals surface area contributed by atoms with Gasteiger partial charge in [-0.05, 0) is 12.1 Å². The summed E-state index contributed by atoms with van der Waals surface area (Å²) in [5.41, 5.74) is -0.271. The van der Waals surface area contributed by atoms with E-state index in [4.69, 9.17) is 16.7 Å². The van der Waals surface area contributed by atoms with Gasteiger partial charge in [0.25, 0.3) is 0 Å². The van der Waals surface area contributed by atoms with Crippen molar-refractivity contribution in [3.63, 3.8) is 0 Å². The van der Waals surface area contributed by atoms with Crippen molar-refractivity contribution in [3.05, 3.63) is 28.5 Å². The van der Waals surface area contributed by atoms with Crippen molar-refractivity contribution < 1.29 is 27.8 Å². The first-order valence-corrected chi connectivity index (χ1v) is 4.42. The molecule has 0 atom stereocenters. The van der Waals surface area contributed by atoms with Gasteiger partial charge in [0.2, 0.25) is 0 Å². The molecule has 0 saturated carbocycles. The summed E-state index contributed by atoms with van der Waals surface area (Å²) in [5, 5.41) is 8.10. The number of benzene rings is 1. The molecule has 16 heavy (non-hydrogen) atoms. The third-order valence-corrected chi connectivity index (χ3v) is 1.95. The van der Waals surface area contributed by atoms with Crippen LogP contribution in [0.1, 0.15) is 5.56 Å². The molecule has 3 nitrogen and oxygen atoms in total. The van der Waals surface area contributed by atoms with E-state index in [1.165, 1.54) is 0 Å². The highest BCUT2D eigenvalue weighted by atomic mass is 35.5. The molecule has 0 amide bonds. The molecule has 88 valence electrons. The number of halogens is 4. The van der Waals surface area contributed by atoms with Gasteiger partial charge in [-0.2, -0.15) is 8.78 Å². The average molecular weight is 255 g/mol. The standard InChI is InChI=1S/C9H6ClF3O3/c10-5-3-6(11)4(2-8(14)15)1-7(5)16-9(12)13/h1,3,9H,2H2,(H,14,15). The Balaban J connectivity index is 3.05. The minimum absolute atomic E-state index is 0.271. The predicted molar refractivity (Wildman–Crippen MR) is 49.4 cm³/mol. The van der Waals surface area contributed by atoms with E-state index < -0.39 is 30.6 Å². The van der Waals surface area contributed by atoms with Gasteiger partial charge in [0.1, 0.15) is 11.6 Å². The van der Waals surface area contributed by atoms with Gasteiger partial charge in [0.05, 0.1) is 11.4 Å². The highest BCUT2D eigenvalue weighted by Crippen LogP contribution is 2.29. The van der Waals surface area contributed by atoms with Gasteiger partial charge in [-0.25, -0.2) is 4.39 Å². The number of carboxylic acids is 1. The van der Waals surface area contributed by atoms with Crippen molar-refractivity contribution in [2.24, 2.45) is 0 Å². The molecular weight excluding hydrogens is 249 g/mol. The van der Waals surface area contributed by atoms with Crippen molar-refractivity contribution in [2.45, 2.75) is 13.0 Å². The second-order valence-electron chi connectivity index (χ2n) is 2.82. The third-order valence-electron chi connectivity index (χ3n) is 1.66. The Morgan fingerprint density at radius 1 is 1.50 bits per heavy atom. The highest BCUT2D eigenvalue weighted by Gasteiger charge is 2.15. The molecule has 1 aromatic carbocycles. The summed E-state index contributed by atoms with van der Waals surface area (Å²) in [6.45, 7) is -3.11. The number of hydrogen-bond donors (Lipinski definition) is 1. The zero-order valence-corrected chi connectivity index (χ0v) is 8.47. The molecule has 0 aromatic heterocycles. The van der Waals surface area contributed by atoms with Crippen LogP contribution in [0.15, 0.2) is 12.1 Å². The van der Waals surface area contributed by atoms with Gasteiger partial charge in [0.15, 0.2) is 0 Å². The van der Waals surface area contributed by atoms with E-state index in [2.05, 4.69) is 4.74 Å². The van der Waals surface area contributed by atoms with E-state index in [0.717, 1.165) is 12.1 Å². The molecular formula is C9H6ClF3O3. The molecule has 0 bridgehead atoms. The summed E-state index contributed by atoms with van der Waals surface area (Å²) in [7, 11) is 0. The number of aliphatic carboxylic acids is 1. The van der Waals surface area contributed by atoms with Crippen LogP contribution in [0.4, 0.5) is 13.2 Å². The van der Waals surface area contributed by atoms with Crippen LogP contribution < -0.4 is 4.74 Å². The van der Waals surface area contributed by atoms with E-state index in [9.17, 15) is 18.0 Å². The molecule has 1 aromatic rings. The Morgan fingerprint density at radius 3 is 2.62 bits per heavy atom. The Kier molecular flexibility index (Phi) is 4.00. The molecule has 0 heterocycles. The second kappa shape index (κ2) is 5.07. The molecule has 7 heteroatoms. The van der Waals surface area contributed by atoms with Crippen molar-refractivity contribution >= 4 is 17.6 Å². The van der Waals surface area contributed by atoms with Crippen molar-refractivity contribution in [3.8, 4) is 5.75 Å². The quantitative estimate of drug-likeness (QED) is 0.899. The lowest BCUT2D eigenvalue weighted by Gasteiger charge is -2.08. The lowest BCUT2D eigenvalue weighted by Crippen LogP contribution is -2.06.